The lowest BCUT2D eigenvalue weighted by molar-refractivity contribution is -0.118. The summed E-state index contributed by atoms with van der Waals surface area (Å²) in [5.41, 5.74) is 7.26. The fourth-order valence-corrected chi connectivity index (χ4v) is 3.03. The summed E-state index contributed by atoms with van der Waals surface area (Å²) < 4.78 is 0. The number of anilines is 1. The zero-order chi connectivity index (χ0) is 16.1. The molecule has 0 spiro atoms. The SMILES string of the molecule is CC(=O)c1ccc(C#N)cc1N1CCCC(CCC(N)=O)C1. The standard InChI is InChI=1S/C17H21N3O2/c1-12(21)15-6-4-14(10-18)9-16(15)20-8-2-3-13(11-20)5-7-17(19)22/h4,6,9,13H,2-3,5,7-8,11H2,1H3,(H2,19,22). The van der Waals surface area contributed by atoms with Crippen LogP contribution < -0.4 is 10.6 Å². The molecular formula is C17H21N3O2. The third kappa shape index (κ3) is 3.85. The van der Waals surface area contributed by atoms with E-state index in [4.69, 9.17) is 11.0 Å². The summed E-state index contributed by atoms with van der Waals surface area (Å²) in [6, 6.07) is 7.31. The number of primary amides is 1. The maximum absolute atomic E-state index is 11.8. The molecule has 1 aliphatic heterocycles. The normalized spacial score (nSPS) is 17.8. The third-order valence-electron chi connectivity index (χ3n) is 4.16. The number of carbonyl (C=O) groups excluding carboxylic acids is 2. The summed E-state index contributed by atoms with van der Waals surface area (Å²) in [6.07, 6.45) is 3.25. The van der Waals surface area contributed by atoms with Crippen molar-refractivity contribution in [3.8, 4) is 6.07 Å². The van der Waals surface area contributed by atoms with Gasteiger partial charge in [0.25, 0.3) is 0 Å². The largest absolute Gasteiger partial charge is 0.371 e. The van der Waals surface area contributed by atoms with Crippen LogP contribution in [-0.4, -0.2) is 24.8 Å². The van der Waals surface area contributed by atoms with E-state index in [2.05, 4.69) is 11.0 Å². The van der Waals surface area contributed by atoms with E-state index in [0.29, 0.717) is 23.5 Å². The molecule has 1 atom stereocenters. The van der Waals surface area contributed by atoms with Gasteiger partial charge >= 0.3 is 0 Å². The zero-order valence-electron chi connectivity index (χ0n) is 12.8. The minimum absolute atomic E-state index is 0.00116. The minimum Gasteiger partial charge on any atom is -0.371 e. The van der Waals surface area contributed by atoms with E-state index in [0.717, 1.165) is 38.0 Å². The van der Waals surface area contributed by atoms with Gasteiger partial charge in [-0.05, 0) is 50.3 Å². The highest BCUT2D eigenvalue weighted by Gasteiger charge is 2.23. The number of amides is 1. The molecule has 2 N–H and O–H groups in total. The lowest BCUT2D eigenvalue weighted by Crippen LogP contribution is -2.36. The number of nitriles is 1. The number of carbonyl (C=O) groups is 2. The monoisotopic (exact) mass is 299 g/mol. The van der Waals surface area contributed by atoms with Crippen LogP contribution >= 0.6 is 0 Å². The molecule has 5 nitrogen and oxygen atoms in total. The van der Waals surface area contributed by atoms with Crippen LogP contribution in [0.1, 0.15) is 48.5 Å². The smallest absolute Gasteiger partial charge is 0.217 e. The summed E-state index contributed by atoms with van der Waals surface area (Å²) >= 11 is 0. The second-order valence-electron chi connectivity index (χ2n) is 5.86. The number of Topliss-reactive ketones (excluding diaryl/α,β-unsaturated/α-hetero) is 1. The summed E-state index contributed by atoms with van der Waals surface area (Å²) in [6.45, 7) is 3.20. The van der Waals surface area contributed by atoms with Crippen molar-refractivity contribution < 1.29 is 9.59 Å². The van der Waals surface area contributed by atoms with Crippen molar-refractivity contribution in [2.45, 2.75) is 32.6 Å². The van der Waals surface area contributed by atoms with Crippen LogP contribution in [0.4, 0.5) is 5.69 Å². The first-order valence-corrected chi connectivity index (χ1v) is 7.59. The van der Waals surface area contributed by atoms with Gasteiger partial charge in [0.05, 0.1) is 11.6 Å². The van der Waals surface area contributed by atoms with Gasteiger partial charge in [-0.2, -0.15) is 5.26 Å². The van der Waals surface area contributed by atoms with Crippen LogP contribution in [0.2, 0.25) is 0 Å². The zero-order valence-corrected chi connectivity index (χ0v) is 12.8. The Bertz CT molecular complexity index is 619. The molecule has 1 saturated heterocycles. The van der Waals surface area contributed by atoms with E-state index in [1.165, 1.54) is 0 Å². The minimum atomic E-state index is -0.270. The van der Waals surface area contributed by atoms with Crippen LogP contribution in [0.25, 0.3) is 0 Å². The molecule has 0 bridgehead atoms. The second-order valence-corrected chi connectivity index (χ2v) is 5.86. The molecule has 1 amide bonds. The van der Waals surface area contributed by atoms with Gasteiger partial charge in [0.2, 0.25) is 5.91 Å². The first-order valence-electron chi connectivity index (χ1n) is 7.59. The quantitative estimate of drug-likeness (QED) is 0.845. The topological polar surface area (TPSA) is 87.2 Å². The van der Waals surface area contributed by atoms with E-state index in [1.54, 1.807) is 25.1 Å². The summed E-state index contributed by atoms with van der Waals surface area (Å²) in [7, 11) is 0. The van der Waals surface area contributed by atoms with E-state index in [-0.39, 0.29) is 11.7 Å². The molecule has 116 valence electrons. The number of rotatable bonds is 5. The highest BCUT2D eigenvalue weighted by atomic mass is 16.1. The molecule has 2 rings (SSSR count). The average molecular weight is 299 g/mol. The molecular weight excluding hydrogens is 278 g/mol. The van der Waals surface area contributed by atoms with Gasteiger partial charge in [-0.3, -0.25) is 9.59 Å². The lowest BCUT2D eigenvalue weighted by atomic mass is 9.92. The molecule has 0 radical (unpaired) electrons. The van der Waals surface area contributed by atoms with Crippen molar-refractivity contribution in [2.24, 2.45) is 11.7 Å². The lowest BCUT2D eigenvalue weighted by Gasteiger charge is -2.35. The number of hydrogen-bond donors (Lipinski definition) is 1. The van der Waals surface area contributed by atoms with E-state index < -0.39 is 0 Å². The molecule has 1 aromatic carbocycles. The number of nitrogens with zero attached hydrogens (tertiary/aromatic N) is 2. The van der Waals surface area contributed by atoms with Crippen LogP contribution in [0.15, 0.2) is 18.2 Å². The summed E-state index contributed by atoms with van der Waals surface area (Å²) in [4.78, 5) is 24.9. The highest BCUT2D eigenvalue weighted by molar-refractivity contribution is 6.00. The van der Waals surface area contributed by atoms with E-state index in [9.17, 15) is 9.59 Å². The van der Waals surface area contributed by atoms with Crippen LogP contribution in [-0.2, 0) is 4.79 Å². The van der Waals surface area contributed by atoms with Gasteiger partial charge in [-0.15, -0.1) is 0 Å². The molecule has 0 aromatic heterocycles. The molecule has 1 aromatic rings. The van der Waals surface area contributed by atoms with Gasteiger partial charge < -0.3 is 10.6 Å². The molecule has 1 unspecified atom stereocenters. The third-order valence-corrected chi connectivity index (χ3v) is 4.16. The van der Waals surface area contributed by atoms with Crippen LogP contribution in [0.3, 0.4) is 0 Å². The predicted molar refractivity (Wildman–Crippen MR) is 84.5 cm³/mol. The fraction of sp³-hybridized carbons (Fsp3) is 0.471. The highest BCUT2D eigenvalue weighted by Crippen LogP contribution is 2.29. The molecule has 1 fully saturated rings. The Balaban J connectivity index is 2.21. The Hall–Kier alpha value is -2.35. The van der Waals surface area contributed by atoms with Gasteiger partial charge in [0.1, 0.15) is 0 Å². The van der Waals surface area contributed by atoms with E-state index >= 15 is 0 Å². The molecule has 1 heterocycles. The van der Waals surface area contributed by atoms with Crippen LogP contribution in [0, 0.1) is 17.2 Å². The Morgan fingerprint density at radius 3 is 2.86 bits per heavy atom. The Morgan fingerprint density at radius 1 is 1.45 bits per heavy atom. The first kappa shape index (κ1) is 16.0. The van der Waals surface area contributed by atoms with Crippen molar-refractivity contribution in [3.05, 3.63) is 29.3 Å². The molecule has 22 heavy (non-hydrogen) atoms. The van der Waals surface area contributed by atoms with Crippen molar-refractivity contribution in [3.63, 3.8) is 0 Å². The van der Waals surface area contributed by atoms with Crippen molar-refractivity contribution in [2.75, 3.05) is 18.0 Å². The fourth-order valence-electron chi connectivity index (χ4n) is 3.03. The van der Waals surface area contributed by atoms with Gasteiger partial charge in [-0.25, -0.2) is 0 Å². The Morgan fingerprint density at radius 2 is 2.23 bits per heavy atom. The summed E-state index contributed by atoms with van der Waals surface area (Å²) in [5, 5.41) is 9.08. The number of ketones is 1. The maximum Gasteiger partial charge on any atom is 0.217 e. The average Bonchev–Trinajstić information content (AvgIpc) is 2.52. The van der Waals surface area contributed by atoms with Gasteiger partial charge in [0, 0.05) is 30.8 Å². The van der Waals surface area contributed by atoms with Crippen LogP contribution in [0.5, 0.6) is 0 Å². The second kappa shape index (κ2) is 7.08. The van der Waals surface area contributed by atoms with Crippen molar-refractivity contribution in [1.29, 1.82) is 5.26 Å². The molecule has 0 saturated carbocycles. The summed E-state index contributed by atoms with van der Waals surface area (Å²) in [5.74, 6) is 0.124. The molecule has 5 heteroatoms. The van der Waals surface area contributed by atoms with Gasteiger partial charge in [0.15, 0.2) is 5.78 Å². The van der Waals surface area contributed by atoms with Crippen molar-refractivity contribution in [1.82, 2.24) is 0 Å². The number of benzene rings is 1. The predicted octanol–water partition coefficient (Wildman–Crippen LogP) is 2.24. The van der Waals surface area contributed by atoms with Crippen molar-refractivity contribution >= 4 is 17.4 Å². The number of piperidine rings is 1. The maximum atomic E-state index is 11.8. The first-order chi connectivity index (χ1) is 10.5. The molecule has 0 aliphatic carbocycles. The molecule has 1 aliphatic rings. The van der Waals surface area contributed by atoms with Gasteiger partial charge in [-0.1, -0.05) is 0 Å². The van der Waals surface area contributed by atoms with E-state index in [1.807, 2.05) is 0 Å². The Labute approximate surface area is 130 Å². The number of hydrogen-bond acceptors (Lipinski definition) is 4. The Kier molecular flexibility index (Phi) is 5.16. The number of nitrogens with two attached hydrogens (primary N) is 1.